The normalized spacial score (nSPS) is 15.9. The molecule has 102 valence electrons. The van der Waals surface area contributed by atoms with Crippen LogP contribution in [0.1, 0.15) is 22.7 Å². The van der Waals surface area contributed by atoms with Crippen LogP contribution in [-0.4, -0.2) is 12.2 Å². The zero-order valence-electron chi connectivity index (χ0n) is 11.1. The van der Waals surface area contributed by atoms with Crippen LogP contribution in [0.3, 0.4) is 0 Å². The van der Waals surface area contributed by atoms with Gasteiger partial charge in [0, 0.05) is 5.56 Å². The molecule has 0 spiro atoms. The van der Waals surface area contributed by atoms with Crippen LogP contribution >= 0.6 is 11.6 Å². The van der Waals surface area contributed by atoms with Crippen molar-refractivity contribution in [1.82, 2.24) is 0 Å². The number of nitrogens with zero attached hydrogens (tertiary/aromatic N) is 2. The lowest BCUT2D eigenvalue weighted by Crippen LogP contribution is -2.04. The maximum atomic E-state index is 10.7. The minimum Gasteiger partial charge on any atom is -0.211 e. The summed E-state index contributed by atoms with van der Waals surface area (Å²) in [5.74, 6) is 0. The van der Waals surface area contributed by atoms with E-state index in [0.29, 0.717) is 16.3 Å². The number of carbonyl (C=O) groups excluding carboxylic acids is 2. The van der Waals surface area contributed by atoms with Crippen LogP contribution in [0.15, 0.2) is 40.3 Å². The van der Waals surface area contributed by atoms with E-state index in [1.165, 1.54) is 6.08 Å². The first-order valence-electron chi connectivity index (χ1n) is 6.26. The third-order valence-electron chi connectivity index (χ3n) is 3.60. The average molecular weight is 297 g/mol. The third-order valence-corrected chi connectivity index (χ3v) is 3.90. The van der Waals surface area contributed by atoms with E-state index in [-0.39, 0.29) is 0 Å². The molecule has 21 heavy (non-hydrogen) atoms. The summed E-state index contributed by atoms with van der Waals surface area (Å²) in [6.07, 6.45) is 4.70. The van der Waals surface area contributed by atoms with Crippen LogP contribution in [0, 0.1) is 6.92 Å². The summed E-state index contributed by atoms with van der Waals surface area (Å²) in [4.78, 5) is 28.8. The first-order valence-corrected chi connectivity index (χ1v) is 6.64. The molecule has 0 saturated heterocycles. The number of hydrogen-bond donors (Lipinski definition) is 0. The van der Waals surface area contributed by atoms with Gasteiger partial charge in [-0.2, -0.15) is 9.98 Å². The Labute approximate surface area is 125 Å². The SMILES string of the molecule is Cc1cc(Cl)c2c3c(cccc13)C(N=C=O)C=C2N=C=O. The Bertz CT molecular complexity index is 889. The molecule has 0 amide bonds. The van der Waals surface area contributed by atoms with Crippen LogP contribution in [0.4, 0.5) is 0 Å². The number of aliphatic imine (C=N–C) groups is 2. The summed E-state index contributed by atoms with van der Waals surface area (Å²) in [6.45, 7) is 1.95. The van der Waals surface area contributed by atoms with Crippen LogP contribution in [0.2, 0.25) is 5.02 Å². The monoisotopic (exact) mass is 296 g/mol. The Morgan fingerprint density at radius 3 is 2.76 bits per heavy atom. The van der Waals surface area contributed by atoms with Crippen molar-refractivity contribution in [2.45, 2.75) is 13.0 Å². The maximum absolute atomic E-state index is 10.7. The summed E-state index contributed by atoms with van der Waals surface area (Å²) < 4.78 is 0. The number of rotatable bonds is 2. The van der Waals surface area contributed by atoms with Crippen molar-refractivity contribution in [3.05, 3.63) is 52.1 Å². The molecule has 0 bridgehead atoms. The van der Waals surface area contributed by atoms with Crippen LogP contribution in [-0.2, 0) is 9.59 Å². The molecule has 0 fully saturated rings. The van der Waals surface area contributed by atoms with Crippen molar-refractivity contribution in [3.8, 4) is 0 Å². The van der Waals surface area contributed by atoms with Crippen molar-refractivity contribution in [1.29, 1.82) is 0 Å². The molecule has 0 radical (unpaired) electrons. The zero-order chi connectivity index (χ0) is 15.0. The van der Waals surface area contributed by atoms with E-state index in [4.69, 9.17) is 11.6 Å². The van der Waals surface area contributed by atoms with Gasteiger partial charge in [0.25, 0.3) is 0 Å². The molecule has 1 aliphatic carbocycles. The quantitative estimate of drug-likeness (QED) is 0.624. The average Bonchev–Trinajstić information content (AvgIpc) is 2.46. The van der Waals surface area contributed by atoms with Gasteiger partial charge in [0.05, 0.1) is 10.7 Å². The van der Waals surface area contributed by atoms with Gasteiger partial charge in [0.1, 0.15) is 6.04 Å². The highest BCUT2D eigenvalue weighted by Crippen LogP contribution is 2.43. The highest BCUT2D eigenvalue weighted by Gasteiger charge is 2.25. The third kappa shape index (κ3) is 2.03. The van der Waals surface area contributed by atoms with Crippen molar-refractivity contribution in [3.63, 3.8) is 0 Å². The molecule has 0 heterocycles. The fourth-order valence-corrected chi connectivity index (χ4v) is 3.12. The highest BCUT2D eigenvalue weighted by atomic mass is 35.5. The Hall–Kier alpha value is -2.51. The predicted molar refractivity (Wildman–Crippen MR) is 80.7 cm³/mol. The summed E-state index contributed by atoms with van der Waals surface area (Å²) in [5.41, 5.74) is 2.91. The van der Waals surface area contributed by atoms with Gasteiger partial charge in [-0.15, -0.1) is 0 Å². The second-order valence-corrected chi connectivity index (χ2v) is 5.15. The van der Waals surface area contributed by atoms with E-state index in [1.54, 1.807) is 12.2 Å². The van der Waals surface area contributed by atoms with E-state index in [2.05, 4.69) is 9.98 Å². The molecular formula is C16H9ClN2O2. The molecule has 0 N–H and O–H groups in total. The summed E-state index contributed by atoms with van der Waals surface area (Å²) in [7, 11) is 0. The van der Waals surface area contributed by atoms with Crippen LogP contribution in [0.25, 0.3) is 16.5 Å². The largest absolute Gasteiger partial charge is 0.240 e. The first-order chi connectivity index (χ1) is 10.2. The topological polar surface area (TPSA) is 58.9 Å². The Morgan fingerprint density at radius 2 is 2.05 bits per heavy atom. The molecule has 2 aromatic rings. The van der Waals surface area contributed by atoms with E-state index in [0.717, 1.165) is 21.9 Å². The minimum absolute atomic E-state index is 0.378. The van der Waals surface area contributed by atoms with E-state index >= 15 is 0 Å². The molecule has 3 rings (SSSR count). The molecule has 0 aliphatic heterocycles. The Morgan fingerprint density at radius 1 is 1.24 bits per heavy atom. The van der Waals surface area contributed by atoms with Crippen molar-refractivity contribution in [2.24, 2.45) is 9.98 Å². The fourth-order valence-electron chi connectivity index (χ4n) is 2.76. The minimum atomic E-state index is -0.524. The van der Waals surface area contributed by atoms with E-state index < -0.39 is 6.04 Å². The van der Waals surface area contributed by atoms with Crippen molar-refractivity contribution in [2.75, 3.05) is 0 Å². The zero-order valence-corrected chi connectivity index (χ0v) is 11.8. The molecule has 5 heteroatoms. The summed E-state index contributed by atoms with van der Waals surface area (Å²) in [5, 5.41) is 2.36. The van der Waals surface area contributed by atoms with Crippen molar-refractivity contribution < 1.29 is 9.59 Å². The van der Waals surface area contributed by atoms with Crippen molar-refractivity contribution >= 4 is 40.2 Å². The summed E-state index contributed by atoms with van der Waals surface area (Å²) in [6, 6.07) is 7.05. The number of isocyanates is 2. The van der Waals surface area contributed by atoms with Gasteiger partial charge in [0.2, 0.25) is 12.2 Å². The molecule has 2 aromatic carbocycles. The summed E-state index contributed by atoms with van der Waals surface area (Å²) >= 11 is 6.33. The number of aryl methyl sites for hydroxylation is 1. The van der Waals surface area contributed by atoms with Gasteiger partial charge < -0.3 is 0 Å². The Kier molecular flexibility index (Phi) is 3.28. The van der Waals surface area contributed by atoms with E-state index in [9.17, 15) is 9.59 Å². The van der Waals surface area contributed by atoms with Crippen LogP contribution in [0.5, 0.6) is 0 Å². The molecule has 1 aliphatic rings. The lowest BCUT2D eigenvalue weighted by Gasteiger charge is -2.21. The maximum Gasteiger partial charge on any atom is 0.240 e. The van der Waals surface area contributed by atoms with Gasteiger partial charge in [-0.1, -0.05) is 29.8 Å². The molecular weight excluding hydrogens is 288 g/mol. The first kappa shape index (κ1) is 13.5. The molecule has 0 aromatic heterocycles. The smallest absolute Gasteiger partial charge is 0.211 e. The lowest BCUT2D eigenvalue weighted by molar-refractivity contribution is 0.561. The molecule has 4 nitrogen and oxygen atoms in total. The Balaban J connectivity index is 2.51. The predicted octanol–water partition coefficient (Wildman–Crippen LogP) is 3.87. The highest BCUT2D eigenvalue weighted by molar-refractivity contribution is 6.34. The van der Waals surface area contributed by atoms with Gasteiger partial charge in [-0.25, -0.2) is 9.59 Å². The fraction of sp³-hybridized carbons (Fsp3) is 0.125. The number of hydrogen-bond acceptors (Lipinski definition) is 4. The number of halogens is 1. The van der Waals surface area contributed by atoms with Gasteiger partial charge in [0.15, 0.2) is 0 Å². The van der Waals surface area contributed by atoms with Gasteiger partial charge in [-0.05, 0) is 41.0 Å². The second-order valence-electron chi connectivity index (χ2n) is 4.74. The number of benzene rings is 2. The molecule has 0 saturated carbocycles. The van der Waals surface area contributed by atoms with Gasteiger partial charge in [-0.3, -0.25) is 0 Å². The second kappa shape index (κ2) is 5.12. The molecule has 1 unspecified atom stereocenters. The van der Waals surface area contributed by atoms with Gasteiger partial charge >= 0.3 is 0 Å². The van der Waals surface area contributed by atoms with E-state index in [1.807, 2.05) is 31.2 Å². The van der Waals surface area contributed by atoms with Crippen LogP contribution < -0.4 is 0 Å². The standard InChI is InChI=1S/C16H9ClN2O2/c1-9-5-12(17)16-14(19-8-21)6-13(18-7-20)11-4-2-3-10(9)15(11)16/h2-6,13H,1H3. The lowest BCUT2D eigenvalue weighted by atomic mass is 9.87. The molecule has 1 atom stereocenters.